The second-order valence-corrected chi connectivity index (χ2v) is 8.07. The smallest absolute Gasteiger partial charge is 0.0189 e. The van der Waals surface area contributed by atoms with Crippen LogP contribution in [0.5, 0.6) is 0 Å². The van der Waals surface area contributed by atoms with Gasteiger partial charge >= 0.3 is 0 Å². The normalized spacial score (nSPS) is 10.7. The van der Waals surface area contributed by atoms with Crippen molar-refractivity contribution in [1.82, 2.24) is 0 Å². The number of hydrogen-bond acceptors (Lipinski definition) is 0. The molecule has 0 bridgehead atoms. The van der Waals surface area contributed by atoms with Crippen LogP contribution < -0.4 is 0 Å². The Morgan fingerprint density at radius 3 is 1.16 bits per heavy atom. The van der Waals surface area contributed by atoms with Crippen LogP contribution >= 0.6 is 63.7 Å². The van der Waals surface area contributed by atoms with Crippen molar-refractivity contribution in [3.8, 4) is 0 Å². The fraction of sp³-hybridized carbons (Fsp3) is 0.200. The Morgan fingerprint density at radius 2 is 0.842 bits per heavy atom. The molecular weight excluding hydrogens is 500 g/mol. The van der Waals surface area contributed by atoms with Crippen LogP contribution in [0.4, 0.5) is 0 Å². The van der Waals surface area contributed by atoms with Gasteiger partial charge < -0.3 is 0 Å². The maximum absolute atomic E-state index is 3.53. The third-order valence-corrected chi connectivity index (χ3v) is 4.61. The van der Waals surface area contributed by atoms with Gasteiger partial charge in [0.05, 0.1) is 0 Å². The van der Waals surface area contributed by atoms with Gasteiger partial charge in [0.1, 0.15) is 0 Å². The third-order valence-electron chi connectivity index (χ3n) is 2.78. The number of halogens is 4. The molecular formula is C15H12Br4. The molecule has 0 N–H and O–H groups in total. The van der Waals surface area contributed by atoms with Gasteiger partial charge in [0.2, 0.25) is 0 Å². The molecule has 0 aliphatic rings. The zero-order valence-corrected chi connectivity index (χ0v) is 16.4. The van der Waals surface area contributed by atoms with E-state index in [0.717, 1.165) is 37.2 Å². The van der Waals surface area contributed by atoms with Crippen LogP contribution in [0.2, 0.25) is 0 Å². The highest BCUT2D eigenvalue weighted by molar-refractivity contribution is 9.11. The lowest BCUT2D eigenvalue weighted by atomic mass is 10.0. The Morgan fingerprint density at radius 1 is 0.526 bits per heavy atom. The molecule has 0 nitrogen and oxygen atoms in total. The average molecular weight is 512 g/mol. The van der Waals surface area contributed by atoms with Crippen molar-refractivity contribution in [2.45, 2.75) is 19.3 Å². The largest absolute Gasteiger partial charge is 0.0508 e. The van der Waals surface area contributed by atoms with E-state index in [-0.39, 0.29) is 0 Å². The molecule has 100 valence electrons. The molecule has 19 heavy (non-hydrogen) atoms. The van der Waals surface area contributed by atoms with Crippen LogP contribution in [0, 0.1) is 0 Å². The van der Waals surface area contributed by atoms with Crippen LogP contribution in [-0.4, -0.2) is 0 Å². The lowest BCUT2D eigenvalue weighted by molar-refractivity contribution is 0.819. The van der Waals surface area contributed by atoms with Gasteiger partial charge in [-0.3, -0.25) is 0 Å². The van der Waals surface area contributed by atoms with E-state index < -0.39 is 0 Å². The monoisotopic (exact) mass is 508 g/mol. The molecule has 0 unspecified atom stereocenters. The Bertz CT molecular complexity index is 486. The maximum Gasteiger partial charge on any atom is 0.0189 e. The molecule has 0 saturated heterocycles. The summed E-state index contributed by atoms with van der Waals surface area (Å²) in [5.41, 5.74) is 2.71. The van der Waals surface area contributed by atoms with E-state index in [0.29, 0.717) is 0 Å². The first-order valence-electron chi connectivity index (χ1n) is 5.93. The molecule has 0 aliphatic heterocycles. The molecule has 0 aromatic heterocycles. The van der Waals surface area contributed by atoms with Gasteiger partial charge in [0, 0.05) is 17.9 Å². The van der Waals surface area contributed by atoms with Gasteiger partial charge in [0.25, 0.3) is 0 Å². The molecule has 0 amide bonds. The van der Waals surface area contributed by atoms with Gasteiger partial charge in [0.15, 0.2) is 0 Å². The Kier molecular flexibility index (Phi) is 6.12. The Balaban J connectivity index is 1.96. The molecule has 0 atom stereocenters. The minimum absolute atomic E-state index is 1.09. The van der Waals surface area contributed by atoms with E-state index >= 15 is 0 Å². The predicted molar refractivity (Wildman–Crippen MR) is 95.7 cm³/mol. The molecule has 0 fully saturated rings. The van der Waals surface area contributed by atoms with Gasteiger partial charge in [-0.2, -0.15) is 0 Å². The molecule has 2 rings (SSSR count). The standard InChI is InChI=1S/C15H12Br4/c16-12-4-10(5-13(17)8-12)2-1-3-11-6-14(18)9-15(19)7-11/h4-9H,1-3H2. The zero-order chi connectivity index (χ0) is 13.8. The molecule has 0 saturated carbocycles. The summed E-state index contributed by atoms with van der Waals surface area (Å²) in [5, 5.41) is 0. The summed E-state index contributed by atoms with van der Waals surface area (Å²) < 4.78 is 4.51. The zero-order valence-electron chi connectivity index (χ0n) is 10.1. The van der Waals surface area contributed by atoms with Crippen molar-refractivity contribution in [3.63, 3.8) is 0 Å². The second kappa shape index (κ2) is 7.39. The summed E-state index contributed by atoms with van der Waals surface area (Å²) in [4.78, 5) is 0. The third kappa shape index (κ3) is 5.33. The average Bonchev–Trinajstić information content (AvgIpc) is 2.26. The van der Waals surface area contributed by atoms with Crippen molar-refractivity contribution in [1.29, 1.82) is 0 Å². The van der Waals surface area contributed by atoms with Crippen LogP contribution in [0.15, 0.2) is 54.3 Å². The first kappa shape index (κ1) is 15.7. The van der Waals surface area contributed by atoms with Crippen molar-refractivity contribution < 1.29 is 0 Å². The lowest BCUT2D eigenvalue weighted by Crippen LogP contribution is -1.91. The Labute approximate surface area is 147 Å². The summed E-state index contributed by atoms with van der Waals surface area (Å²) in [6.45, 7) is 0. The van der Waals surface area contributed by atoms with Gasteiger partial charge in [-0.15, -0.1) is 0 Å². The summed E-state index contributed by atoms with van der Waals surface area (Å²) >= 11 is 14.1. The SMILES string of the molecule is Brc1cc(Br)cc(CCCc2cc(Br)cc(Br)c2)c1. The minimum Gasteiger partial charge on any atom is -0.0508 e. The first-order chi connectivity index (χ1) is 9.02. The fourth-order valence-electron chi connectivity index (χ4n) is 2.01. The van der Waals surface area contributed by atoms with Crippen molar-refractivity contribution >= 4 is 63.7 Å². The number of rotatable bonds is 4. The molecule has 2 aromatic carbocycles. The van der Waals surface area contributed by atoms with Crippen LogP contribution in [0.25, 0.3) is 0 Å². The van der Waals surface area contributed by atoms with Crippen molar-refractivity contribution in [3.05, 3.63) is 65.4 Å². The minimum atomic E-state index is 1.09. The first-order valence-corrected chi connectivity index (χ1v) is 9.10. The summed E-state index contributed by atoms with van der Waals surface area (Å²) in [6.07, 6.45) is 3.32. The van der Waals surface area contributed by atoms with E-state index in [4.69, 9.17) is 0 Å². The maximum atomic E-state index is 3.53. The van der Waals surface area contributed by atoms with Crippen molar-refractivity contribution in [2.24, 2.45) is 0 Å². The quantitative estimate of drug-likeness (QED) is 0.418. The van der Waals surface area contributed by atoms with E-state index in [1.54, 1.807) is 0 Å². The van der Waals surface area contributed by atoms with Gasteiger partial charge in [-0.25, -0.2) is 0 Å². The number of hydrogen-bond donors (Lipinski definition) is 0. The van der Waals surface area contributed by atoms with Crippen molar-refractivity contribution in [2.75, 3.05) is 0 Å². The van der Waals surface area contributed by atoms with Gasteiger partial charge in [-0.05, 0) is 66.8 Å². The molecule has 2 aromatic rings. The highest BCUT2D eigenvalue weighted by atomic mass is 79.9. The molecule has 4 heteroatoms. The van der Waals surface area contributed by atoms with E-state index in [1.807, 2.05) is 0 Å². The predicted octanol–water partition coefficient (Wildman–Crippen LogP) is 6.91. The molecule has 0 heterocycles. The van der Waals surface area contributed by atoms with E-state index in [9.17, 15) is 0 Å². The molecule has 0 aliphatic carbocycles. The van der Waals surface area contributed by atoms with Crippen LogP contribution in [0.1, 0.15) is 17.5 Å². The number of benzene rings is 2. The summed E-state index contributed by atoms with van der Waals surface area (Å²) in [5.74, 6) is 0. The Hall–Kier alpha value is 0.360. The van der Waals surface area contributed by atoms with E-state index in [1.165, 1.54) is 11.1 Å². The van der Waals surface area contributed by atoms with Gasteiger partial charge in [-0.1, -0.05) is 63.7 Å². The molecule has 0 radical (unpaired) electrons. The summed E-state index contributed by atoms with van der Waals surface area (Å²) in [7, 11) is 0. The van der Waals surface area contributed by atoms with Crippen LogP contribution in [0.3, 0.4) is 0 Å². The fourth-order valence-corrected chi connectivity index (χ4v) is 4.78. The van der Waals surface area contributed by atoms with Crippen LogP contribution in [-0.2, 0) is 12.8 Å². The number of aryl methyl sites for hydroxylation is 2. The molecule has 0 spiro atoms. The lowest BCUT2D eigenvalue weighted by Gasteiger charge is -2.05. The summed E-state index contributed by atoms with van der Waals surface area (Å²) in [6, 6.07) is 12.9. The van der Waals surface area contributed by atoms with E-state index in [2.05, 4.69) is 100 Å². The highest BCUT2D eigenvalue weighted by Crippen LogP contribution is 2.23. The topological polar surface area (TPSA) is 0 Å². The second-order valence-electron chi connectivity index (χ2n) is 4.41. The highest BCUT2D eigenvalue weighted by Gasteiger charge is 2.01.